The zero-order valence-corrected chi connectivity index (χ0v) is 24.1. The van der Waals surface area contributed by atoms with Gasteiger partial charge in [0.05, 0.1) is 23.7 Å². The maximum absolute atomic E-state index is 14.0. The number of ketones is 1. The number of esters is 2. The number of carbonyl (C=O) groups is 3. The second kappa shape index (κ2) is 10.7. The molecule has 4 rings (SSSR count). The summed E-state index contributed by atoms with van der Waals surface area (Å²) in [5.41, 5.74) is -0.762. The van der Waals surface area contributed by atoms with Crippen LogP contribution in [0.15, 0.2) is 34.3 Å². The molecule has 1 saturated heterocycles. The molecule has 2 fully saturated rings. The summed E-state index contributed by atoms with van der Waals surface area (Å²) in [5, 5.41) is 22.5. The van der Waals surface area contributed by atoms with Gasteiger partial charge in [0.15, 0.2) is 5.76 Å². The summed E-state index contributed by atoms with van der Waals surface area (Å²) in [6.07, 6.45) is 0.594. The van der Waals surface area contributed by atoms with Crippen molar-refractivity contribution in [1.82, 2.24) is 9.80 Å². The van der Waals surface area contributed by atoms with Gasteiger partial charge in [-0.05, 0) is 58.7 Å². The van der Waals surface area contributed by atoms with E-state index in [1.165, 1.54) is 14.0 Å². The highest BCUT2D eigenvalue weighted by molar-refractivity contribution is 6.13. The van der Waals surface area contributed by atoms with Gasteiger partial charge in [-0.15, -0.1) is 0 Å². The third kappa shape index (κ3) is 4.70. The Labute approximate surface area is 230 Å². The second-order valence-corrected chi connectivity index (χ2v) is 11.9. The highest BCUT2D eigenvalue weighted by Gasteiger charge is 2.64. The van der Waals surface area contributed by atoms with Gasteiger partial charge in [0.1, 0.15) is 12.2 Å². The van der Waals surface area contributed by atoms with E-state index in [-0.39, 0.29) is 23.7 Å². The molecule has 6 unspecified atom stereocenters. The van der Waals surface area contributed by atoms with E-state index in [0.29, 0.717) is 43.5 Å². The standard InChI is InChI=1S/C29H42N2O8/c1-8-31(12-11-30(5)6)14-17-23-26(35)25(34)22-18-9-10-20(33)28(18,3)13-19(38-16(2)32)24(22)29(23,4)21(15-37-7)39-27(17)36/h14,18-21,33,35H,8-13,15H2,1-7H3/b17-14-. The lowest BCUT2D eigenvalue weighted by Gasteiger charge is -2.54. The first-order valence-corrected chi connectivity index (χ1v) is 13.7. The SMILES string of the molecule is CCN(/C=C1\C(=O)OC(COC)C2(C)C1=C(O)C(=O)C1=C2C(OC(C)=O)CC2(C)C(O)CCC12)CCN(C)C. The molecule has 39 heavy (non-hydrogen) atoms. The number of carbonyl (C=O) groups excluding carboxylic acids is 3. The molecule has 0 aromatic rings. The molecule has 1 heterocycles. The molecule has 0 aromatic carbocycles. The largest absolute Gasteiger partial charge is 0.504 e. The van der Waals surface area contributed by atoms with Gasteiger partial charge < -0.3 is 34.2 Å². The lowest BCUT2D eigenvalue weighted by atomic mass is 9.53. The number of aliphatic hydroxyl groups excluding tert-OH is 2. The van der Waals surface area contributed by atoms with Crippen LogP contribution in [0.4, 0.5) is 0 Å². The molecule has 4 aliphatic rings. The van der Waals surface area contributed by atoms with Crippen molar-refractivity contribution in [2.24, 2.45) is 16.7 Å². The fourth-order valence-electron chi connectivity index (χ4n) is 7.10. The number of fused-ring (bicyclic) bond motifs is 4. The van der Waals surface area contributed by atoms with E-state index in [1.54, 1.807) is 6.20 Å². The summed E-state index contributed by atoms with van der Waals surface area (Å²) < 4.78 is 17.3. The fourth-order valence-corrected chi connectivity index (χ4v) is 7.10. The summed E-state index contributed by atoms with van der Waals surface area (Å²) in [4.78, 5) is 43.8. The number of methoxy groups -OCH3 is 1. The molecular formula is C29H42N2O8. The molecule has 0 radical (unpaired) electrons. The second-order valence-electron chi connectivity index (χ2n) is 11.9. The Morgan fingerprint density at radius 3 is 2.49 bits per heavy atom. The molecule has 3 aliphatic carbocycles. The summed E-state index contributed by atoms with van der Waals surface area (Å²) in [5.74, 6) is -2.62. The van der Waals surface area contributed by atoms with E-state index in [9.17, 15) is 24.6 Å². The van der Waals surface area contributed by atoms with Crippen molar-refractivity contribution in [2.75, 3.05) is 47.4 Å². The average Bonchev–Trinajstić information content (AvgIpc) is 3.15. The number of likely N-dealkylation sites (N-methyl/N-ethyl adjacent to an activating group) is 2. The zero-order chi connectivity index (χ0) is 28.9. The molecule has 0 amide bonds. The third-order valence-corrected chi connectivity index (χ3v) is 9.21. The Morgan fingerprint density at radius 1 is 1.21 bits per heavy atom. The van der Waals surface area contributed by atoms with Crippen molar-refractivity contribution >= 4 is 17.7 Å². The summed E-state index contributed by atoms with van der Waals surface area (Å²) in [7, 11) is 5.40. The third-order valence-electron chi connectivity index (χ3n) is 9.21. The molecule has 216 valence electrons. The number of Topliss-reactive ketones (excluding diaryl/α,β-unsaturated/α-hetero) is 1. The van der Waals surface area contributed by atoms with Gasteiger partial charge in [-0.1, -0.05) is 6.92 Å². The van der Waals surface area contributed by atoms with E-state index in [4.69, 9.17) is 14.2 Å². The highest BCUT2D eigenvalue weighted by Crippen LogP contribution is 2.63. The minimum Gasteiger partial charge on any atom is -0.504 e. The first-order chi connectivity index (χ1) is 18.3. The highest BCUT2D eigenvalue weighted by atomic mass is 16.6. The van der Waals surface area contributed by atoms with Gasteiger partial charge in [0.2, 0.25) is 5.78 Å². The molecule has 0 bridgehead atoms. The fraction of sp³-hybridized carbons (Fsp3) is 0.690. The number of hydrogen-bond donors (Lipinski definition) is 2. The van der Waals surface area contributed by atoms with Crippen LogP contribution in [0.3, 0.4) is 0 Å². The molecule has 6 atom stereocenters. The molecular weight excluding hydrogens is 504 g/mol. The number of hydrogen-bond acceptors (Lipinski definition) is 10. The van der Waals surface area contributed by atoms with Crippen molar-refractivity contribution in [2.45, 2.75) is 65.3 Å². The van der Waals surface area contributed by atoms with E-state index in [1.807, 2.05) is 44.7 Å². The predicted molar refractivity (Wildman–Crippen MR) is 142 cm³/mol. The molecule has 0 spiro atoms. The smallest absolute Gasteiger partial charge is 0.340 e. The first kappa shape index (κ1) is 29.3. The number of cyclic esters (lactones) is 1. The summed E-state index contributed by atoms with van der Waals surface area (Å²) in [6.45, 7) is 8.94. The number of aliphatic hydroxyl groups is 2. The van der Waals surface area contributed by atoms with E-state index >= 15 is 0 Å². The van der Waals surface area contributed by atoms with Gasteiger partial charge >= 0.3 is 11.9 Å². The molecule has 1 saturated carbocycles. The van der Waals surface area contributed by atoms with E-state index < -0.39 is 52.6 Å². The maximum Gasteiger partial charge on any atom is 0.340 e. The average molecular weight is 547 g/mol. The normalized spacial score (nSPS) is 35.2. The lowest BCUT2D eigenvalue weighted by molar-refractivity contribution is -0.161. The quantitative estimate of drug-likeness (QED) is 0.345. The first-order valence-electron chi connectivity index (χ1n) is 13.7. The van der Waals surface area contributed by atoms with Crippen LogP contribution in [0.25, 0.3) is 0 Å². The predicted octanol–water partition coefficient (Wildman–Crippen LogP) is 2.14. The molecule has 0 aromatic heterocycles. The Kier molecular flexibility index (Phi) is 8.04. The lowest BCUT2D eigenvalue weighted by Crippen LogP contribution is -2.57. The molecule has 10 heteroatoms. The number of nitrogens with zero attached hydrogens (tertiary/aromatic N) is 2. The minimum absolute atomic E-state index is 0.00669. The van der Waals surface area contributed by atoms with Crippen molar-refractivity contribution in [3.05, 3.63) is 34.3 Å². The van der Waals surface area contributed by atoms with Crippen molar-refractivity contribution in [1.29, 1.82) is 0 Å². The molecule has 1 aliphatic heterocycles. The zero-order valence-electron chi connectivity index (χ0n) is 24.1. The van der Waals surface area contributed by atoms with Gasteiger partial charge in [0.25, 0.3) is 0 Å². The van der Waals surface area contributed by atoms with Gasteiger partial charge in [-0.25, -0.2) is 4.79 Å². The number of rotatable bonds is 8. The molecule has 10 nitrogen and oxygen atoms in total. The topological polar surface area (TPSA) is 126 Å². The van der Waals surface area contributed by atoms with Crippen LogP contribution in [0, 0.1) is 16.7 Å². The van der Waals surface area contributed by atoms with Crippen molar-refractivity contribution in [3.63, 3.8) is 0 Å². The summed E-state index contributed by atoms with van der Waals surface area (Å²) in [6, 6.07) is 0. The number of ether oxygens (including phenoxy) is 3. The van der Waals surface area contributed by atoms with Crippen LogP contribution in [0.1, 0.15) is 47.0 Å². The van der Waals surface area contributed by atoms with Crippen LogP contribution < -0.4 is 0 Å². The van der Waals surface area contributed by atoms with Crippen LogP contribution in [-0.2, 0) is 28.6 Å². The van der Waals surface area contributed by atoms with E-state index in [2.05, 4.69) is 0 Å². The number of allylic oxidation sites excluding steroid dienone is 1. The summed E-state index contributed by atoms with van der Waals surface area (Å²) >= 11 is 0. The van der Waals surface area contributed by atoms with Crippen LogP contribution in [-0.4, -0.2) is 103 Å². The van der Waals surface area contributed by atoms with Crippen LogP contribution in [0.2, 0.25) is 0 Å². The van der Waals surface area contributed by atoms with Gasteiger partial charge in [-0.3, -0.25) is 9.59 Å². The minimum atomic E-state index is -1.21. The van der Waals surface area contributed by atoms with Gasteiger partial charge in [-0.2, -0.15) is 0 Å². The van der Waals surface area contributed by atoms with Gasteiger partial charge in [0, 0.05) is 56.4 Å². The Balaban J connectivity index is 1.96. The van der Waals surface area contributed by atoms with Crippen LogP contribution >= 0.6 is 0 Å². The van der Waals surface area contributed by atoms with Crippen molar-refractivity contribution in [3.8, 4) is 0 Å². The Morgan fingerprint density at radius 2 is 1.90 bits per heavy atom. The Hall–Kier alpha value is -2.69. The van der Waals surface area contributed by atoms with E-state index in [0.717, 1.165) is 6.54 Å². The maximum atomic E-state index is 14.0. The van der Waals surface area contributed by atoms with Crippen molar-refractivity contribution < 1.29 is 38.8 Å². The van der Waals surface area contributed by atoms with Crippen LogP contribution in [0.5, 0.6) is 0 Å². The molecule has 2 N–H and O–H groups in total. The Bertz CT molecular complexity index is 1140. The monoisotopic (exact) mass is 546 g/mol.